The molecule has 0 fully saturated rings. The van der Waals surface area contributed by atoms with Crippen LogP contribution in [0.1, 0.15) is 0 Å². The van der Waals surface area contributed by atoms with Crippen LogP contribution in [0, 0.1) is 0 Å². The maximum Gasteiger partial charge on any atom is 0.327 e. The Morgan fingerprint density at radius 1 is 1.77 bits per heavy atom. The predicted molar refractivity (Wildman–Crippen MR) is 49.8 cm³/mol. The summed E-state index contributed by atoms with van der Waals surface area (Å²) < 4.78 is 4.79. The standard InChI is InChI=1S/C7H13NO4S/c1-12-2-3-13-4-6(7(10)11)8-5-9/h5-6H,2-4H2,1H3,(H,8,9)(H,10,11). The Labute approximate surface area is 80.8 Å². The third-order valence-electron chi connectivity index (χ3n) is 1.28. The second-order valence-corrected chi connectivity index (χ2v) is 3.39. The van der Waals surface area contributed by atoms with Gasteiger partial charge in [0, 0.05) is 18.6 Å². The normalized spacial score (nSPS) is 12.1. The summed E-state index contributed by atoms with van der Waals surface area (Å²) in [5.74, 6) is 0.0649. The first-order valence-corrected chi connectivity index (χ1v) is 4.87. The van der Waals surface area contributed by atoms with Gasteiger partial charge in [-0.2, -0.15) is 11.8 Å². The number of ether oxygens (including phenoxy) is 1. The van der Waals surface area contributed by atoms with Crippen LogP contribution in [0.25, 0.3) is 0 Å². The number of carbonyl (C=O) groups excluding carboxylic acids is 1. The van der Waals surface area contributed by atoms with E-state index in [2.05, 4.69) is 5.32 Å². The summed E-state index contributed by atoms with van der Waals surface area (Å²) in [4.78, 5) is 20.5. The molecule has 0 radical (unpaired) electrons. The van der Waals surface area contributed by atoms with Crippen molar-refractivity contribution < 1.29 is 19.4 Å². The Bertz CT molecular complexity index is 165. The smallest absolute Gasteiger partial charge is 0.327 e. The molecule has 0 aromatic heterocycles. The van der Waals surface area contributed by atoms with E-state index in [1.54, 1.807) is 7.11 Å². The highest BCUT2D eigenvalue weighted by atomic mass is 32.2. The Hall–Kier alpha value is -0.750. The van der Waals surface area contributed by atoms with Crippen LogP contribution < -0.4 is 5.32 Å². The van der Waals surface area contributed by atoms with Crippen LogP contribution >= 0.6 is 11.8 Å². The van der Waals surface area contributed by atoms with Crippen LogP contribution in [0.3, 0.4) is 0 Å². The molecule has 2 N–H and O–H groups in total. The number of hydrogen-bond acceptors (Lipinski definition) is 4. The van der Waals surface area contributed by atoms with Crippen LogP contribution in [0.2, 0.25) is 0 Å². The molecule has 0 rings (SSSR count). The monoisotopic (exact) mass is 207 g/mol. The first-order valence-electron chi connectivity index (χ1n) is 3.71. The van der Waals surface area contributed by atoms with Crippen molar-refractivity contribution in [2.24, 2.45) is 0 Å². The van der Waals surface area contributed by atoms with E-state index in [-0.39, 0.29) is 0 Å². The minimum atomic E-state index is -1.02. The maximum absolute atomic E-state index is 10.5. The largest absolute Gasteiger partial charge is 0.480 e. The lowest BCUT2D eigenvalue weighted by Gasteiger charge is -2.09. The minimum absolute atomic E-state index is 0.359. The molecule has 0 aliphatic carbocycles. The molecule has 0 saturated carbocycles. The van der Waals surface area contributed by atoms with Gasteiger partial charge in [-0.1, -0.05) is 0 Å². The van der Waals surface area contributed by atoms with E-state index < -0.39 is 12.0 Å². The zero-order valence-corrected chi connectivity index (χ0v) is 8.17. The lowest BCUT2D eigenvalue weighted by molar-refractivity contribution is -0.139. The van der Waals surface area contributed by atoms with Crippen molar-refractivity contribution in [3.05, 3.63) is 0 Å². The third kappa shape index (κ3) is 6.41. The molecule has 0 bridgehead atoms. The van der Waals surface area contributed by atoms with Crippen molar-refractivity contribution in [1.82, 2.24) is 5.32 Å². The zero-order chi connectivity index (χ0) is 10.1. The molecule has 0 aromatic carbocycles. The highest BCUT2D eigenvalue weighted by Crippen LogP contribution is 2.02. The van der Waals surface area contributed by atoms with E-state index in [0.717, 1.165) is 5.75 Å². The van der Waals surface area contributed by atoms with Crippen molar-refractivity contribution >= 4 is 24.1 Å². The Morgan fingerprint density at radius 3 is 2.92 bits per heavy atom. The van der Waals surface area contributed by atoms with Gasteiger partial charge in [0.05, 0.1) is 6.61 Å². The second kappa shape index (κ2) is 7.88. The average Bonchev–Trinajstić information content (AvgIpc) is 2.10. The number of aliphatic carboxylic acids is 1. The van der Waals surface area contributed by atoms with E-state index in [0.29, 0.717) is 18.8 Å². The van der Waals surface area contributed by atoms with E-state index in [1.165, 1.54) is 11.8 Å². The number of hydrogen-bond donors (Lipinski definition) is 2. The third-order valence-corrected chi connectivity index (χ3v) is 2.31. The summed E-state index contributed by atoms with van der Waals surface area (Å²) in [5.41, 5.74) is 0. The molecular formula is C7H13NO4S. The number of carboxylic acids is 1. The number of amides is 1. The lowest BCUT2D eigenvalue weighted by Crippen LogP contribution is -2.37. The second-order valence-electron chi connectivity index (χ2n) is 2.24. The highest BCUT2D eigenvalue weighted by Gasteiger charge is 2.15. The Kier molecular flexibility index (Phi) is 7.42. The fourth-order valence-electron chi connectivity index (χ4n) is 0.616. The lowest BCUT2D eigenvalue weighted by atomic mass is 10.3. The fourth-order valence-corrected chi connectivity index (χ4v) is 1.54. The first kappa shape index (κ1) is 12.2. The molecule has 5 nitrogen and oxygen atoms in total. The summed E-state index contributed by atoms with van der Waals surface area (Å²) in [6.45, 7) is 0.581. The molecule has 13 heavy (non-hydrogen) atoms. The Morgan fingerprint density at radius 2 is 2.46 bits per heavy atom. The molecule has 1 amide bonds. The SMILES string of the molecule is COCCSCC(NC=O)C(=O)O. The summed E-state index contributed by atoms with van der Waals surface area (Å²) in [7, 11) is 1.58. The molecule has 0 saturated heterocycles. The van der Waals surface area contributed by atoms with Gasteiger partial charge in [0.25, 0.3) is 0 Å². The molecule has 0 spiro atoms. The summed E-state index contributed by atoms with van der Waals surface area (Å²) >= 11 is 1.43. The summed E-state index contributed by atoms with van der Waals surface area (Å²) in [6.07, 6.45) is 0.398. The van der Waals surface area contributed by atoms with Gasteiger partial charge in [-0.05, 0) is 0 Å². The topological polar surface area (TPSA) is 75.6 Å². The van der Waals surface area contributed by atoms with Gasteiger partial charge in [0.15, 0.2) is 0 Å². The Balaban J connectivity index is 3.56. The van der Waals surface area contributed by atoms with Crippen molar-refractivity contribution in [3.63, 3.8) is 0 Å². The van der Waals surface area contributed by atoms with E-state index >= 15 is 0 Å². The van der Waals surface area contributed by atoms with E-state index in [1.807, 2.05) is 0 Å². The predicted octanol–water partition coefficient (Wildman–Crippen LogP) is -0.435. The molecule has 1 atom stereocenters. The van der Waals surface area contributed by atoms with Crippen molar-refractivity contribution in [3.8, 4) is 0 Å². The molecule has 0 aliphatic rings. The van der Waals surface area contributed by atoms with Gasteiger partial charge in [-0.3, -0.25) is 4.79 Å². The van der Waals surface area contributed by atoms with E-state index in [4.69, 9.17) is 9.84 Å². The molecule has 0 aliphatic heterocycles. The van der Waals surface area contributed by atoms with Crippen molar-refractivity contribution in [2.75, 3.05) is 25.2 Å². The highest BCUT2D eigenvalue weighted by molar-refractivity contribution is 7.99. The number of nitrogens with one attached hydrogen (secondary N) is 1. The molecule has 0 aromatic rings. The minimum Gasteiger partial charge on any atom is -0.480 e. The molecule has 1 unspecified atom stereocenters. The number of rotatable bonds is 8. The number of methoxy groups -OCH3 is 1. The van der Waals surface area contributed by atoms with Crippen LogP contribution in [0.4, 0.5) is 0 Å². The van der Waals surface area contributed by atoms with E-state index in [9.17, 15) is 9.59 Å². The van der Waals surface area contributed by atoms with Gasteiger partial charge in [-0.25, -0.2) is 4.79 Å². The van der Waals surface area contributed by atoms with Gasteiger partial charge in [0.2, 0.25) is 6.41 Å². The number of carboxylic acid groups (broad SMARTS) is 1. The van der Waals surface area contributed by atoms with Crippen LogP contribution in [0.15, 0.2) is 0 Å². The molecule has 0 heterocycles. The average molecular weight is 207 g/mol. The molecule has 76 valence electrons. The zero-order valence-electron chi connectivity index (χ0n) is 7.36. The van der Waals surface area contributed by atoms with Crippen LogP contribution in [-0.4, -0.2) is 48.8 Å². The van der Waals surface area contributed by atoms with Gasteiger partial charge >= 0.3 is 5.97 Å². The first-order chi connectivity index (χ1) is 6.22. The van der Waals surface area contributed by atoms with Crippen molar-refractivity contribution in [1.29, 1.82) is 0 Å². The van der Waals surface area contributed by atoms with Gasteiger partial charge < -0.3 is 15.2 Å². The van der Waals surface area contributed by atoms with Crippen LogP contribution in [0.5, 0.6) is 0 Å². The fraction of sp³-hybridized carbons (Fsp3) is 0.714. The molecular weight excluding hydrogens is 194 g/mol. The number of carbonyl (C=O) groups is 2. The van der Waals surface area contributed by atoms with Gasteiger partial charge in [-0.15, -0.1) is 0 Å². The number of thioether (sulfide) groups is 1. The molecule has 6 heteroatoms. The summed E-state index contributed by atoms with van der Waals surface area (Å²) in [6, 6.07) is -0.806. The quantitative estimate of drug-likeness (QED) is 0.417. The van der Waals surface area contributed by atoms with Crippen LogP contribution in [-0.2, 0) is 14.3 Å². The van der Waals surface area contributed by atoms with Crippen molar-refractivity contribution in [2.45, 2.75) is 6.04 Å². The summed E-state index contributed by atoms with van der Waals surface area (Å²) in [5, 5.41) is 10.8. The maximum atomic E-state index is 10.5. The van der Waals surface area contributed by atoms with Gasteiger partial charge in [0.1, 0.15) is 6.04 Å².